The van der Waals surface area contributed by atoms with Crippen LogP contribution < -0.4 is 15.2 Å². The summed E-state index contributed by atoms with van der Waals surface area (Å²) in [6.45, 7) is 0.633. The normalized spacial score (nSPS) is 12.0. The fraction of sp³-hybridized carbons (Fsp3) is 0.250. The lowest BCUT2D eigenvalue weighted by molar-refractivity contribution is 0.114. The van der Waals surface area contributed by atoms with Crippen molar-refractivity contribution in [3.8, 4) is 11.5 Å². The largest absolute Gasteiger partial charge is 0.491 e. The van der Waals surface area contributed by atoms with Crippen LogP contribution in [-0.4, -0.2) is 24.4 Å². The first-order valence-electron chi connectivity index (χ1n) is 6.65. The molecule has 21 heavy (non-hydrogen) atoms. The van der Waals surface area contributed by atoms with Crippen molar-refractivity contribution in [1.29, 1.82) is 0 Å². The molecule has 0 aliphatic rings. The molecule has 0 saturated carbocycles. The van der Waals surface area contributed by atoms with E-state index in [1.54, 1.807) is 36.4 Å². The molecule has 0 amide bonds. The second-order valence-corrected chi connectivity index (χ2v) is 4.59. The summed E-state index contributed by atoms with van der Waals surface area (Å²) in [6, 6.07) is 13.2. The van der Waals surface area contributed by atoms with Crippen molar-refractivity contribution < 1.29 is 19.0 Å². The van der Waals surface area contributed by atoms with E-state index >= 15 is 0 Å². The Morgan fingerprint density at radius 1 is 1.05 bits per heavy atom. The molecule has 0 aromatic heterocycles. The van der Waals surface area contributed by atoms with Gasteiger partial charge in [0.25, 0.3) is 0 Å². The van der Waals surface area contributed by atoms with Crippen molar-refractivity contribution in [2.75, 3.05) is 13.2 Å². The summed E-state index contributed by atoms with van der Waals surface area (Å²) < 4.78 is 23.8. The summed E-state index contributed by atoms with van der Waals surface area (Å²) in [5, 5.41) is 9.35. The minimum atomic E-state index is -0.686. The van der Waals surface area contributed by atoms with E-state index in [1.165, 1.54) is 12.1 Å². The van der Waals surface area contributed by atoms with Crippen LogP contribution in [0.4, 0.5) is 4.39 Å². The second-order valence-electron chi connectivity index (χ2n) is 4.59. The van der Waals surface area contributed by atoms with Crippen LogP contribution in [0.15, 0.2) is 48.5 Å². The maximum atomic E-state index is 12.8. The van der Waals surface area contributed by atoms with Crippen LogP contribution in [0.3, 0.4) is 0 Å². The molecule has 3 N–H and O–H groups in total. The van der Waals surface area contributed by atoms with Gasteiger partial charge in [0.2, 0.25) is 0 Å². The third-order valence-electron chi connectivity index (χ3n) is 2.84. The van der Waals surface area contributed by atoms with Gasteiger partial charge in [0.05, 0.1) is 0 Å². The summed E-state index contributed by atoms with van der Waals surface area (Å²) >= 11 is 0. The van der Waals surface area contributed by atoms with Gasteiger partial charge in [-0.05, 0) is 29.8 Å². The van der Waals surface area contributed by atoms with E-state index in [9.17, 15) is 9.50 Å². The van der Waals surface area contributed by atoms with Crippen molar-refractivity contribution in [2.45, 2.75) is 12.7 Å². The minimum absolute atomic E-state index is 0.137. The average Bonchev–Trinajstić information content (AvgIpc) is 2.52. The summed E-state index contributed by atoms with van der Waals surface area (Å²) in [5.41, 5.74) is 6.18. The number of hydrogen-bond acceptors (Lipinski definition) is 4. The van der Waals surface area contributed by atoms with Crippen molar-refractivity contribution in [3.63, 3.8) is 0 Å². The first-order valence-corrected chi connectivity index (χ1v) is 6.65. The van der Waals surface area contributed by atoms with Crippen LogP contribution in [-0.2, 0) is 6.61 Å². The zero-order chi connectivity index (χ0) is 15.1. The Bertz CT molecular complexity index is 560. The van der Waals surface area contributed by atoms with Gasteiger partial charge in [-0.3, -0.25) is 0 Å². The summed E-state index contributed by atoms with van der Waals surface area (Å²) in [4.78, 5) is 0. The highest BCUT2D eigenvalue weighted by molar-refractivity contribution is 5.33. The Kier molecular flexibility index (Phi) is 5.54. The van der Waals surface area contributed by atoms with E-state index in [4.69, 9.17) is 15.2 Å². The molecule has 0 saturated heterocycles. The predicted molar refractivity (Wildman–Crippen MR) is 77.7 cm³/mol. The molecule has 4 nitrogen and oxygen atoms in total. The number of halogens is 1. The van der Waals surface area contributed by atoms with Gasteiger partial charge in [0.1, 0.15) is 36.6 Å². The summed E-state index contributed by atoms with van der Waals surface area (Å²) in [7, 11) is 0. The van der Waals surface area contributed by atoms with Crippen LogP contribution in [0.5, 0.6) is 11.5 Å². The highest BCUT2D eigenvalue weighted by Crippen LogP contribution is 2.20. The predicted octanol–water partition coefficient (Wildman–Crippen LogP) is 2.10. The molecule has 2 rings (SSSR count). The quantitative estimate of drug-likeness (QED) is 0.820. The van der Waals surface area contributed by atoms with E-state index in [0.717, 1.165) is 5.56 Å². The molecule has 2 aromatic carbocycles. The molecule has 1 unspecified atom stereocenters. The number of nitrogens with two attached hydrogens (primary N) is 1. The SMILES string of the molecule is NCC(O)COc1cccc(OCc2ccc(F)cc2)c1. The molecule has 112 valence electrons. The minimum Gasteiger partial charge on any atom is -0.491 e. The first kappa shape index (κ1) is 15.3. The van der Waals surface area contributed by atoms with E-state index < -0.39 is 6.10 Å². The van der Waals surface area contributed by atoms with Gasteiger partial charge in [-0.1, -0.05) is 18.2 Å². The van der Waals surface area contributed by atoms with Crippen molar-refractivity contribution in [2.24, 2.45) is 5.73 Å². The molecular formula is C16H18FNO3. The fourth-order valence-corrected chi connectivity index (χ4v) is 1.66. The Hall–Kier alpha value is -2.11. The number of aliphatic hydroxyl groups is 1. The fourth-order valence-electron chi connectivity index (χ4n) is 1.66. The zero-order valence-corrected chi connectivity index (χ0v) is 11.5. The summed E-state index contributed by atoms with van der Waals surface area (Å²) in [6.07, 6.45) is -0.686. The smallest absolute Gasteiger partial charge is 0.123 e. The number of rotatable bonds is 7. The molecule has 0 bridgehead atoms. The number of aliphatic hydroxyl groups excluding tert-OH is 1. The summed E-state index contributed by atoms with van der Waals surface area (Å²) in [5.74, 6) is 0.964. The average molecular weight is 291 g/mol. The molecule has 2 aromatic rings. The molecule has 0 radical (unpaired) electrons. The lowest BCUT2D eigenvalue weighted by Gasteiger charge is -2.12. The number of hydrogen-bond donors (Lipinski definition) is 2. The topological polar surface area (TPSA) is 64.7 Å². The Balaban J connectivity index is 1.90. The molecule has 0 aliphatic heterocycles. The molecular weight excluding hydrogens is 273 g/mol. The monoisotopic (exact) mass is 291 g/mol. The van der Waals surface area contributed by atoms with Crippen LogP contribution >= 0.6 is 0 Å². The lowest BCUT2D eigenvalue weighted by atomic mass is 10.2. The van der Waals surface area contributed by atoms with Gasteiger partial charge >= 0.3 is 0 Å². The number of benzene rings is 2. The molecule has 1 atom stereocenters. The van der Waals surface area contributed by atoms with Crippen LogP contribution in [0.2, 0.25) is 0 Å². The van der Waals surface area contributed by atoms with E-state index in [2.05, 4.69) is 0 Å². The highest BCUT2D eigenvalue weighted by Gasteiger charge is 2.03. The Labute approximate surface area is 122 Å². The first-order chi connectivity index (χ1) is 10.2. The van der Waals surface area contributed by atoms with Crippen LogP contribution in [0.1, 0.15) is 5.56 Å². The molecule has 0 fully saturated rings. The van der Waals surface area contributed by atoms with Gasteiger partial charge in [-0.2, -0.15) is 0 Å². The Morgan fingerprint density at radius 3 is 2.38 bits per heavy atom. The van der Waals surface area contributed by atoms with Gasteiger partial charge in [-0.25, -0.2) is 4.39 Å². The van der Waals surface area contributed by atoms with Gasteiger partial charge in [0, 0.05) is 12.6 Å². The highest BCUT2D eigenvalue weighted by atomic mass is 19.1. The standard InChI is InChI=1S/C16H18FNO3/c17-13-6-4-12(5-7-13)10-20-15-2-1-3-16(8-15)21-11-14(19)9-18/h1-8,14,19H,9-11,18H2. The van der Waals surface area contributed by atoms with Gasteiger partial charge in [-0.15, -0.1) is 0 Å². The second kappa shape index (κ2) is 7.61. The van der Waals surface area contributed by atoms with Crippen molar-refractivity contribution in [1.82, 2.24) is 0 Å². The number of ether oxygens (including phenoxy) is 2. The van der Waals surface area contributed by atoms with Gasteiger partial charge < -0.3 is 20.3 Å². The van der Waals surface area contributed by atoms with Crippen LogP contribution in [0.25, 0.3) is 0 Å². The molecule has 0 aliphatic carbocycles. The van der Waals surface area contributed by atoms with Gasteiger partial charge in [0.15, 0.2) is 0 Å². The maximum Gasteiger partial charge on any atom is 0.123 e. The molecule has 0 heterocycles. The third-order valence-corrected chi connectivity index (χ3v) is 2.84. The van der Waals surface area contributed by atoms with E-state index in [1.807, 2.05) is 0 Å². The lowest BCUT2D eigenvalue weighted by Crippen LogP contribution is -2.26. The Morgan fingerprint density at radius 2 is 1.71 bits per heavy atom. The zero-order valence-electron chi connectivity index (χ0n) is 11.5. The van der Waals surface area contributed by atoms with Crippen LogP contribution in [0, 0.1) is 5.82 Å². The van der Waals surface area contributed by atoms with E-state index in [0.29, 0.717) is 18.1 Å². The molecule has 0 spiro atoms. The van der Waals surface area contributed by atoms with E-state index in [-0.39, 0.29) is 19.0 Å². The maximum absolute atomic E-state index is 12.8. The van der Waals surface area contributed by atoms with Crippen molar-refractivity contribution in [3.05, 3.63) is 59.9 Å². The van der Waals surface area contributed by atoms with Crippen molar-refractivity contribution >= 4 is 0 Å². The third kappa shape index (κ3) is 5.06. The molecule has 5 heteroatoms.